The molecule has 3 heterocycles. The maximum atomic E-state index is 12.8. The predicted molar refractivity (Wildman–Crippen MR) is 85.6 cm³/mol. The van der Waals surface area contributed by atoms with Gasteiger partial charge < -0.3 is 9.64 Å². The SMILES string of the molecule is Cn1cc(Cl)c(CN(Cc2cccnc2)C(=O)[C@H]2CCOC2)n1. The average molecular weight is 335 g/mol. The van der Waals surface area contributed by atoms with Crippen LogP contribution in [0.4, 0.5) is 0 Å². The van der Waals surface area contributed by atoms with E-state index in [4.69, 9.17) is 16.3 Å². The second-order valence-corrected chi connectivity index (χ2v) is 6.12. The van der Waals surface area contributed by atoms with Crippen molar-refractivity contribution >= 4 is 17.5 Å². The largest absolute Gasteiger partial charge is 0.381 e. The van der Waals surface area contributed by atoms with Crippen molar-refractivity contribution in [3.63, 3.8) is 0 Å². The molecule has 0 unspecified atom stereocenters. The van der Waals surface area contributed by atoms with Crippen molar-refractivity contribution in [1.29, 1.82) is 0 Å². The monoisotopic (exact) mass is 334 g/mol. The van der Waals surface area contributed by atoms with E-state index < -0.39 is 0 Å². The number of amides is 1. The molecule has 1 aliphatic rings. The summed E-state index contributed by atoms with van der Waals surface area (Å²) < 4.78 is 7.01. The summed E-state index contributed by atoms with van der Waals surface area (Å²) in [6, 6.07) is 3.82. The normalized spacial score (nSPS) is 17.4. The van der Waals surface area contributed by atoms with E-state index in [1.54, 1.807) is 28.2 Å². The molecule has 122 valence electrons. The second-order valence-electron chi connectivity index (χ2n) is 5.71. The minimum Gasteiger partial charge on any atom is -0.381 e. The summed E-state index contributed by atoms with van der Waals surface area (Å²) in [5.41, 5.74) is 1.68. The molecule has 0 N–H and O–H groups in total. The first-order chi connectivity index (χ1) is 11.1. The van der Waals surface area contributed by atoms with Gasteiger partial charge in [-0.15, -0.1) is 0 Å². The van der Waals surface area contributed by atoms with Gasteiger partial charge in [0.15, 0.2) is 0 Å². The van der Waals surface area contributed by atoms with Crippen LogP contribution in [-0.4, -0.2) is 38.8 Å². The Morgan fingerprint density at radius 3 is 3.00 bits per heavy atom. The summed E-state index contributed by atoms with van der Waals surface area (Å²) in [4.78, 5) is 18.7. The third-order valence-electron chi connectivity index (χ3n) is 3.88. The number of carbonyl (C=O) groups is 1. The Hall–Kier alpha value is -1.92. The Kier molecular flexibility index (Phi) is 4.93. The molecular formula is C16H19ClN4O2. The van der Waals surface area contributed by atoms with Gasteiger partial charge in [-0.2, -0.15) is 5.10 Å². The molecule has 2 aromatic rings. The highest BCUT2D eigenvalue weighted by atomic mass is 35.5. The molecule has 1 fully saturated rings. The molecule has 0 radical (unpaired) electrons. The molecule has 3 rings (SSSR count). The highest BCUT2D eigenvalue weighted by Gasteiger charge is 2.29. The standard InChI is InChI=1S/C16H19ClN4O2/c1-20-9-14(17)15(19-20)10-21(8-12-3-2-5-18-7-12)16(22)13-4-6-23-11-13/h2-3,5,7,9,13H,4,6,8,10-11H2,1H3/t13-/m0/s1. The number of aryl methyl sites for hydroxylation is 1. The molecule has 0 aromatic carbocycles. The van der Waals surface area contributed by atoms with Crippen LogP contribution >= 0.6 is 11.6 Å². The first-order valence-corrected chi connectivity index (χ1v) is 7.94. The molecule has 23 heavy (non-hydrogen) atoms. The lowest BCUT2D eigenvalue weighted by Gasteiger charge is -2.24. The highest BCUT2D eigenvalue weighted by Crippen LogP contribution is 2.21. The molecule has 6 nitrogen and oxygen atoms in total. The van der Waals surface area contributed by atoms with Crippen molar-refractivity contribution in [2.75, 3.05) is 13.2 Å². The number of halogens is 1. The van der Waals surface area contributed by atoms with Gasteiger partial charge in [0.1, 0.15) is 5.69 Å². The molecule has 1 saturated heterocycles. The quantitative estimate of drug-likeness (QED) is 0.839. The molecule has 2 aromatic heterocycles. The van der Waals surface area contributed by atoms with E-state index in [9.17, 15) is 4.79 Å². The fraction of sp³-hybridized carbons (Fsp3) is 0.438. The summed E-state index contributed by atoms with van der Waals surface area (Å²) >= 11 is 6.20. The Morgan fingerprint density at radius 1 is 1.52 bits per heavy atom. The van der Waals surface area contributed by atoms with Crippen molar-refractivity contribution in [2.24, 2.45) is 13.0 Å². The number of hydrogen-bond donors (Lipinski definition) is 0. The van der Waals surface area contributed by atoms with Gasteiger partial charge in [0.2, 0.25) is 5.91 Å². The van der Waals surface area contributed by atoms with E-state index in [1.807, 2.05) is 19.2 Å². The smallest absolute Gasteiger partial charge is 0.228 e. The lowest BCUT2D eigenvalue weighted by atomic mass is 10.1. The van der Waals surface area contributed by atoms with Crippen LogP contribution in [0.15, 0.2) is 30.7 Å². The van der Waals surface area contributed by atoms with E-state index in [1.165, 1.54) is 0 Å². The molecule has 0 spiro atoms. The van der Waals surface area contributed by atoms with Gasteiger partial charge in [0.05, 0.1) is 24.1 Å². The van der Waals surface area contributed by atoms with Crippen LogP contribution < -0.4 is 0 Å². The maximum Gasteiger partial charge on any atom is 0.228 e. The van der Waals surface area contributed by atoms with Gasteiger partial charge in [0, 0.05) is 38.8 Å². The van der Waals surface area contributed by atoms with Crippen LogP contribution in [-0.2, 0) is 29.7 Å². The van der Waals surface area contributed by atoms with Crippen LogP contribution in [0.1, 0.15) is 17.7 Å². The van der Waals surface area contributed by atoms with Crippen molar-refractivity contribution in [2.45, 2.75) is 19.5 Å². The Balaban J connectivity index is 1.80. The average Bonchev–Trinajstić information content (AvgIpc) is 3.17. The number of rotatable bonds is 5. The van der Waals surface area contributed by atoms with Gasteiger partial charge in [-0.05, 0) is 18.1 Å². The molecule has 1 atom stereocenters. The fourth-order valence-corrected chi connectivity index (χ4v) is 2.94. The molecule has 1 aliphatic heterocycles. The van der Waals surface area contributed by atoms with Gasteiger partial charge in [0.25, 0.3) is 0 Å². The van der Waals surface area contributed by atoms with Crippen LogP contribution in [0.25, 0.3) is 0 Å². The first-order valence-electron chi connectivity index (χ1n) is 7.57. The number of pyridine rings is 1. The van der Waals surface area contributed by atoms with Crippen LogP contribution in [0.3, 0.4) is 0 Å². The first kappa shape index (κ1) is 16.0. The zero-order chi connectivity index (χ0) is 16.2. The Morgan fingerprint density at radius 2 is 2.39 bits per heavy atom. The molecule has 0 aliphatic carbocycles. The van der Waals surface area contributed by atoms with Crippen molar-refractivity contribution in [3.05, 3.63) is 47.0 Å². The van der Waals surface area contributed by atoms with Gasteiger partial charge in [-0.25, -0.2) is 0 Å². The van der Waals surface area contributed by atoms with E-state index in [0.717, 1.165) is 12.0 Å². The van der Waals surface area contributed by atoms with Gasteiger partial charge in [-0.1, -0.05) is 17.7 Å². The minimum absolute atomic E-state index is 0.0769. The predicted octanol–water partition coefficient (Wildman–Crippen LogP) is 2.03. The van der Waals surface area contributed by atoms with E-state index in [2.05, 4.69) is 10.1 Å². The third-order valence-corrected chi connectivity index (χ3v) is 4.20. The van der Waals surface area contributed by atoms with Crippen molar-refractivity contribution in [3.8, 4) is 0 Å². The molecular weight excluding hydrogens is 316 g/mol. The zero-order valence-corrected chi connectivity index (χ0v) is 13.7. The maximum absolute atomic E-state index is 12.8. The van der Waals surface area contributed by atoms with Gasteiger partial charge in [-0.3, -0.25) is 14.5 Å². The minimum atomic E-state index is -0.0887. The van der Waals surface area contributed by atoms with Crippen LogP contribution in [0.2, 0.25) is 5.02 Å². The summed E-state index contributed by atoms with van der Waals surface area (Å²) in [5, 5.41) is 4.91. The molecule has 0 bridgehead atoms. The van der Waals surface area contributed by atoms with Gasteiger partial charge >= 0.3 is 0 Å². The number of nitrogens with zero attached hydrogens (tertiary/aromatic N) is 4. The van der Waals surface area contributed by atoms with Crippen LogP contribution in [0, 0.1) is 5.92 Å². The lowest BCUT2D eigenvalue weighted by Crippen LogP contribution is -2.35. The van der Waals surface area contributed by atoms with E-state index in [0.29, 0.717) is 37.0 Å². The number of aromatic nitrogens is 3. The summed E-state index contributed by atoms with van der Waals surface area (Å²) in [5.74, 6) is -0.0118. The summed E-state index contributed by atoms with van der Waals surface area (Å²) in [6.07, 6.45) is 5.99. The Labute approximate surface area is 140 Å². The van der Waals surface area contributed by atoms with Crippen LogP contribution in [0.5, 0.6) is 0 Å². The number of ether oxygens (including phenoxy) is 1. The fourth-order valence-electron chi connectivity index (χ4n) is 2.70. The van der Waals surface area contributed by atoms with E-state index in [-0.39, 0.29) is 11.8 Å². The summed E-state index contributed by atoms with van der Waals surface area (Å²) in [6.45, 7) is 1.99. The van der Waals surface area contributed by atoms with Crippen molar-refractivity contribution in [1.82, 2.24) is 19.7 Å². The second kappa shape index (κ2) is 7.10. The van der Waals surface area contributed by atoms with E-state index >= 15 is 0 Å². The number of hydrogen-bond acceptors (Lipinski definition) is 4. The zero-order valence-electron chi connectivity index (χ0n) is 13.0. The molecule has 7 heteroatoms. The van der Waals surface area contributed by atoms with Crippen molar-refractivity contribution < 1.29 is 9.53 Å². The molecule has 0 saturated carbocycles. The molecule has 1 amide bonds. The summed E-state index contributed by atoms with van der Waals surface area (Å²) in [7, 11) is 1.81. The third kappa shape index (κ3) is 3.89. The number of carbonyl (C=O) groups excluding carboxylic acids is 1. The topological polar surface area (TPSA) is 60.2 Å². The highest BCUT2D eigenvalue weighted by molar-refractivity contribution is 6.31. The lowest BCUT2D eigenvalue weighted by molar-refractivity contribution is -0.136. The Bertz CT molecular complexity index is 668.